The lowest BCUT2D eigenvalue weighted by molar-refractivity contribution is -0.132. The third-order valence-electron chi connectivity index (χ3n) is 3.53. The highest BCUT2D eigenvalue weighted by Gasteiger charge is 2.31. The number of hydrogen-bond acceptors (Lipinski definition) is 5. The van der Waals surface area contributed by atoms with Gasteiger partial charge in [0.15, 0.2) is 0 Å². The van der Waals surface area contributed by atoms with Crippen molar-refractivity contribution in [2.24, 2.45) is 5.84 Å². The number of hydrogen-bond donors (Lipinski definition) is 2. The smallest absolute Gasteiger partial charge is 0.331 e. The fourth-order valence-corrected chi connectivity index (χ4v) is 2.47. The fourth-order valence-electron chi connectivity index (χ4n) is 2.47. The Kier molecular flexibility index (Phi) is 4.92. The number of ether oxygens (including phenoxy) is 1. The standard InChI is InChI=1S/C13H20N4O4/c1-2-6-16-7-5-11(18)17(13(16)20)8-9-3-4-10(21-9)12(19)15-14/h5,7,9-10H,2-4,6,8,14H2,1H3,(H,15,19). The van der Waals surface area contributed by atoms with Crippen molar-refractivity contribution in [3.63, 3.8) is 0 Å². The lowest BCUT2D eigenvalue weighted by Gasteiger charge is -2.14. The Morgan fingerprint density at radius 3 is 2.90 bits per heavy atom. The lowest BCUT2D eigenvalue weighted by atomic mass is 10.2. The van der Waals surface area contributed by atoms with E-state index in [0.29, 0.717) is 19.4 Å². The Hall–Kier alpha value is -1.93. The number of aromatic nitrogens is 2. The minimum absolute atomic E-state index is 0.149. The molecule has 2 rings (SSSR count). The summed E-state index contributed by atoms with van der Waals surface area (Å²) in [5.74, 6) is 4.68. The number of amides is 1. The van der Waals surface area contributed by atoms with Crippen molar-refractivity contribution in [2.45, 2.75) is 51.5 Å². The normalized spacial score (nSPS) is 21.4. The predicted octanol–water partition coefficient (Wildman–Crippen LogP) is -1.04. The molecule has 21 heavy (non-hydrogen) atoms. The molecule has 3 N–H and O–H groups in total. The third kappa shape index (κ3) is 3.40. The maximum absolute atomic E-state index is 12.2. The lowest BCUT2D eigenvalue weighted by Crippen LogP contribution is -2.42. The topological polar surface area (TPSA) is 108 Å². The summed E-state index contributed by atoms with van der Waals surface area (Å²) in [7, 11) is 0. The molecule has 0 aliphatic carbocycles. The molecule has 0 bridgehead atoms. The summed E-state index contributed by atoms with van der Waals surface area (Å²) in [6, 6.07) is 1.37. The van der Waals surface area contributed by atoms with Crippen LogP contribution >= 0.6 is 0 Å². The Bertz CT molecular complexity index is 621. The summed E-state index contributed by atoms with van der Waals surface area (Å²) in [5.41, 5.74) is 1.34. The average Bonchev–Trinajstić information content (AvgIpc) is 2.94. The summed E-state index contributed by atoms with van der Waals surface area (Å²) < 4.78 is 8.18. The Balaban J connectivity index is 2.14. The first-order chi connectivity index (χ1) is 10.1. The van der Waals surface area contributed by atoms with Crippen LogP contribution in [0, 0.1) is 0 Å². The van der Waals surface area contributed by atoms with Crippen molar-refractivity contribution in [1.82, 2.24) is 14.6 Å². The number of nitrogens with one attached hydrogen (secondary N) is 1. The minimum Gasteiger partial charge on any atom is -0.363 e. The van der Waals surface area contributed by atoms with Gasteiger partial charge < -0.3 is 9.30 Å². The SMILES string of the molecule is CCCn1ccc(=O)n(CC2CCC(C(=O)NN)O2)c1=O. The second-order valence-corrected chi connectivity index (χ2v) is 5.07. The van der Waals surface area contributed by atoms with Gasteiger partial charge in [0.2, 0.25) is 0 Å². The first-order valence-corrected chi connectivity index (χ1v) is 7.03. The number of aryl methyl sites for hydroxylation is 1. The van der Waals surface area contributed by atoms with Crippen molar-refractivity contribution < 1.29 is 9.53 Å². The van der Waals surface area contributed by atoms with Gasteiger partial charge in [-0.3, -0.25) is 19.6 Å². The molecule has 1 aromatic rings. The highest BCUT2D eigenvalue weighted by atomic mass is 16.5. The molecule has 0 aromatic carbocycles. The summed E-state index contributed by atoms with van der Waals surface area (Å²) in [4.78, 5) is 35.5. The minimum atomic E-state index is -0.614. The average molecular weight is 296 g/mol. The Morgan fingerprint density at radius 2 is 2.24 bits per heavy atom. The zero-order valence-corrected chi connectivity index (χ0v) is 11.9. The molecule has 1 saturated heterocycles. The molecule has 1 aliphatic rings. The van der Waals surface area contributed by atoms with E-state index >= 15 is 0 Å². The highest BCUT2D eigenvalue weighted by Crippen LogP contribution is 2.20. The molecule has 8 heteroatoms. The van der Waals surface area contributed by atoms with Crippen molar-refractivity contribution in [1.29, 1.82) is 0 Å². The van der Waals surface area contributed by atoms with Gasteiger partial charge in [0.25, 0.3) is 11.5 Å². The second kappa shape index (κ2) is 6.68. The number of hydrazine groups is 1. The molecule has 1 amide bonds. The van der Waals surface area contributed by atoms with Crippen LogP contribution in [0.3, 0.4) is 0 Å². The maximum atomic E-state index is 12.2. The molecular weight excluding hydrogens is 276 g/mol. The molecule has 1 fully saturated rings. The van der Waals surface area contributed by atoms with Crippen LogP contribution in [0.2, 0.25) is 0 Å². The van der Waals surface area contributed by atoms with E-state index in [1.54, 1.807) is 0 Å². The third-order valence-corrected chi connectivity index (χ3v) is 3.53. The van der Waals surface area contributed by atoms with Crippen LogP contribution in [-0.2, 0) is 22.6 Å². The molecule has 1 aromatic heterocycles. The summed E-state index contributed by atoms with van der Waals surface area (Å²) in [6.07, 6.45) is 2.49. The number of nitrogens with two attached hydrogens (primary N) is 1. The quantitative estimate of drug-likeness (QED) is 0.410. The number of carbonyl (C=O) groups is 1. The molecule has 2 heterocycles. The molecule has 8 nitrogen and oxygen atoms in total. The highest BCUT2D eigenvalue weighted by molar-refractivity contribution is 5.80. The van der Waals surface area contributed by atoms with Gasteiger partial charge in [0, 0.05) is 18.8 Å². The van der Waals surface area contributed by atoms with E-state index in [4.69, 9.17) is 10.6 Å². The summed E-state index contributed by atoms with van der Waals surface area (Å²) in [5, 5.41) is 0. The van der Waals surface area contributed by atoms with E-state index in [0.717, 1.165) is 11.0 Å². The van der Waals surface area contributed by atoms with Crippen LogP contribution in [0.25, 0.3) is 0 Å². The van der Waals surface area contributed by atoms with E-state index in [9.17, 15) is 14.4 Å². The zero-order chi connectivity index (χ0) is 15.4. The predicted molar refractivity (Wildman–Crippen MR) is 75.5 cm³/mol. The number of carbonyl (C=O) groups excluding carboxylic acids is 1. The molecule has 0 radical (unpaired) electrons. The van der Waals surface area contributed by atoms with E-state index in [2.05, 4.69) is 0 Å². The van der Waals surface area contributed by atoms with Gasteiger partial charge in [-0.15, -0.1) is 0 Å². The zero-order valence-electron chi connectivity index (χ0n) is 11.9. The van der Waals surface area contributed by atoms with Crippen LogP contribution < -0.4 is 22.5 Å². The molecule has 0 spiro atoms. The molecule has 1 aliphatic heterocycles. The van der Waals surface area contributed by atoms with Crippen LogP contribution in [-0.4, -0.2) is 27.2 Å². The van der Waals surface area contributed by atoms with Gasteiger partial charge in [0.1, 0.15) is 6.10 Å². The van der Waals surface area contributed by atoms with Gasteiger partial charge in [-0.2, -0.15) is 0 Å². The molecule has 2 atom stereocenters. The maximum Gasteiger partial charge on any atom is 0.331 e. The van der Waals surface area contributed by atoms with Gasteiger partial charge >= 0.3 is 5.69 Å². The Labute approximate surface area is 121 Å². The van der Waals surface area contributed by atoms with Gasteiger partial charge in [0.05, 0.1) is 12.6 Å². The number of rotatable bonds is 5. The second-order valence-electron chi connectivity index (χ2n) is 5.07. The van der Waals surface area contributed by atoms with Crippen molar-refractivity contribution in [2.75, 3.05) is 0 Å². The van der Waals surface area contributed by atoms with Crippen molar-refractivity contribution >= 4 is 5.91 Å². The molecule has 2 unspecified atom stereocenters. The first-order valence-electron chi connectivity index (χ1n) is 7.03. The van der Waals surface area contributed by atoms with Crippen molar-refractivity contribution in [3.8, 4) is 0 Å². The summed E-state index contributed by atoms with van der Waals surface area (Å²) in [6.45, 7) is 2.66. The van der Waals surface area contributed by atoms with E-state index in [1.807, 2.05) is 12.3 Å². The Morgan fingerprint density at radius 1 is 1.48 bits per heavy atom. The van der Waals surface area contributed by atoms with E-state index in [-0.39, 0.29) is 29.8 Å². The number of nitrogens with zero attached hydrogens (tertiary/aromatic N) is 2. The summed E-state index contributed by atoms with van der Waals surface area (Å²) >= 11 is 0. The first kappa shape index (κ1) is 15.5. The molecule has 0 saturated carbocycles. The van der Waals surface area contributed by atoms with Crippen LogP contribution in [0.4, 0.5) is 0 Å². The fraction of sp³-hybridized carbons (Fsp3) is 0.615. The van der Waals surface area contributed by atoms with E-state index in [1.165, 1.54) is 16.8 Å². The van der Waals surface area contributed by atoms with Crippen LogP contribution in [0.1, 0.15) is 26.2 Å². The van der Waals surface area contributed by atoms with Gasteiger partial charge in [-0.05, 0) is 19.3 Å². The van der Waals surface area contributed by atoms with Crippen LogP contribution in [0.15, 0.2) is 21.9 Å². The van der Waals surface area contributed by atoms with E-state index < -0.39 is 6.10 Å². The van der Waals surface area contributed by atoms with Gasteiger partial charge in [-0.1, -0.05) is 6.92 Å². The monoisotopic (exact) mass is 296 g/mol. The van der Waals surface area contributed by atoms with Crippen LogP contribution in [0.5, 0.6) is 0 Å². The van der Waals surface area contributed by atoms with Crippen molar-refractivity contribution in [3.05, 3.63) is 33.1 Å². The molecule has 116 valence electrons. The molecular formula is C13H20N4O4. The van der Waals surface area contributed by atoms with Gasteiger partial charge in [-0.25, -0.2) is 10.6 Å². The largest absolute Gasteiger partial charge is 0.363 e.